The van der Waals surface area contributed by atoms with E-state index in [9.17, 15) is 19.2 Å². The van der Waals surface area contributed by atoms with Crippen LogP contribution in [0.4, 0.5) is 5.69 Å². The summed E-state index contributed by atoms with van der Waals surface area (Å²) in [5.74, 6) is -0.826. The number of carbonyl (C=O) groups is 4. The Morgan fingerprint density at radius 3 is 2.47 bits per heavy atom. The first-order chi connectivity index (χ1) is 15.5. The SMILES string of the molecule is CNC1=C(C(=O)c2ccc(NC(=O)CC(=O)NCCOCCCNC=O)cc2)CCCC1. The molecule has 0 unspecified atom stereocenters. The molecule has 174 valence electrons. The van der Waals surface area contributed by atoms with E-state index >= 15 is 0 Å². The lowest BCUT2D eigenvalue weighted by Crippen LogP contribution is -2.31. The zero-order valence-corrected chi connectivity index (χ0v) is 18.5. The van der Waals surface area contributed by atoms with Crippen LogP contribution >= 0.6 is 0 Å². The Bertz CT molecular complexity index is 820. The van der Waals surface area contributed by atoms with Crippen LogP contribution in [0.25, 0.3) is 0 Å². The van der Waals surface area contributed by atoms with Crippen LogP contribution in [-0.4, -0.2) is 57.4 Å². The van der Waals surface area contributed by atoms with Crippen molar-refractivity contribution < 1.29 is 23.9 Å². The number of benzene rings is 1. The van der Waals surface area contributed by atoms with Crippen molar-refractivity contribution in [1.29, 1.82) is 0 Å². The maximum absolute atomic E-state index is 12.8. The summed E-state index contributed by atoms with van der Waals surface area (Å²) < 4.78 is 5.31. The summed E-state index contributed by atoms with van der Waals surface area (Å²) in [4.78, 5) is 46.8. The molecule has 0 radical (unpaired) electrons. The van der Waals surface area contributed by atoms with Crippen LogP contribution < -0.4 is 21.3 Å². The number of anilines is 1. The van der Waals surface area contributed by atoms with Crippen molar-refractivity contribution in [3.63, 3.8) is 0 Å². The van der Waals surface area contributed by atoms with Crippen LogP contribution in [-0.2, 0) is 19.1 Å². The van der Waals surface area contributed by atoms with Gasteiger partial charge in [-0.2, -0.15) is 0 Å². The van der Waals surface area contributed by atoms with Crippen LogP contribution in [0.15, 0.2) is 35.5 Å². The van der Waals surface area contributed by atoms with Crippen molar-refractivity contribution >= 4 is 29.7 Å². The lowest BCUT2D eigenvalue weighted by Gasteiger charge is -2.19. The molecule has 9 heteroatoms. The number of nitrogens with one attached hydrogen (secondary N) is 4. The first kappa shape index (κ1) is 25.1. The van der Waals surface area contributed by atoms with Crippen molar-refractivity contribution in [1.82, 2.24) is 16.0 Å². The zero-order valence-electron chi connectivity index (χ0n) is 18.5. The van der Waals surface area contributed by atoms with Crippen LogP contribution in [0.1, 0.15) is 48.9 Å². The van der Waals surface area contributed by atoms with Gasteiger partial charge in [0.2, 0.25) is 18.2 Å². The molecule has 4 N–H and O–H groups in total. The Kier molecular flexibility index (Phi) is 10.9. The second-order valence-electron chi connectivity index (χ2n) is 7.43. The van der Waals surface area contributed by atoms with Crippen LogP contribution in [0, 0.1) is 0 Å². The molecular weight excluding hydrogens is 412 g/mol. The molecule has 0 aromatic heterocycles. The second-order valence-corrected chi connectivity index (χ2v) is 7.43. The number of Topliss-reactive ketones (excluding diaryl/α,β-unsaturated/α-hetero) is 1. The monoisotopic (exact) mass is 444 g/mol. The van der Waals surface area contributed by atoms with Gasteiger partial charge in [0.15, 0.2) is 5.78 Å². The van der Waals surface area contributed by atoms with Gasteiger partial charge in [-0.05, 0) is 56.4 Å². The van der Waals surface area contributed by atoms with Crippen molar-refractivity contribution in [3.8, 4) is 0 Å². The zero-order chi connectivity index (χ0) is 23.2. The van der Waals surface area contributed by atoms with Crippen molar-refractivity contribution in [3.05, 3.63) is 41.1 Å². The summed E-state index contributed by atoms with van der Waals surface area (Å²) >= 11 is 0. The number of carbonyl (C=O) groups excluding carboxylic acids is 4. The van der Waals surface area contributed by atoms with E-state index < -0.39 is 11.8 Å². The summed E-state index contributed by atoms with van der Waals surface area (Å²) in [6.07, 6.45) is 4.76. The molecule has 2 rings (SSSR count). The molecule has 0 saturated carbocycles. The first-order valence-corrected chi connectivity index (χ1v) is 10.9. The van der Waals surface area contributed by atoms with Crippen LogP contribution in [0.5, 0.6) is 0 Å². The van der Waals surface area contributed by atoms with E-state index in [1.54, 1.807) is 24.3 Å². The summed E-state index contributed by atoms with van der Waals surface area (Å²) in [7, 11) is 1.84. The number of ketones is 1. The van der Waals surface area contributed by atoms with E-state index in [1.807, 2.05) is 7.05 Å². The van der Waals surface area contributed by atoms with Crippen LogP contribution in [0.3, 0.4) is 0 Å². The average molecular weight is 445 g/mol. The molecule has 0 bridgehead atoms. The number of rotatable bonds is 14. The molecule has 1 aromatic rings. The Morgan fingerprint density at radius 2 is 1.75 bits per heavy atom. The minimum Gasteiger partial charge on any atom is -0.391 e. The Balaban J connectivity index is 1.72. The number of allylic oxidation sites excluding steroid dienone is 2. The van der Waals surface area contributed by atoms with E-state index in [2.05, 4.69) is 21.3 Å². The largest absolute Gasteiger partial charge is 0.391 e. The first-order valence-electron chi connectivity index (χ1n) is 10.9. The molecule has 0 heterocycles. The molecule has 32 heavy (non-hydrogen) atoms. The maximum atomic E-state index is 12.8. The van der Waals surface area contributed by atoms with Gasteiger partial charge in [-0.25, -0.2) is 0 Å². The number of hydrogen-bond donors (Lipinski definition) is 4. The predicted molar refractivity (Wildman–Crippen MR) is 121 cm³/mol. The van der Waals surface area contributed by atoms with E-state index in [0.717, 1.165) is 37.0 Å². The second kappa shape index (κ2) is 14.0. The molecule has 0 atom stereocenters. The summed E-state index contributed by atoms with van der Waals surface area (Å²) in [6, 6.07) is 6.71. The van der Waals surface area contributed by atoms with E-state index in [-0.39, 0.29) is 12.2 Å². The fraction of sp³-hybridized carbons (Fsp3) is 0.478. The lowest BCUT2D eigenvalue weighted by atomic mass is 9.90. The lowest BCUT2D eigenvalue weighted by molar-refractivity contribution is -0.127. The van der Waals surface area contributed by atoms with Crippen LogP contribution in [0.2, 0.25) is 0 Å². The smallest absolute Gasteiger partial charge is 0.233 e. The topological polar surface area (TPSA) is 126 Å². The highest BCUT2D eigenvalue weighted by Crippen LogP contribution is 2.26. The summed E-state index contributed by atoms with van der Waals surface area (Å²) in [5, 5.41) is 11.0. The summed E-state index contributed by atoms with van der Waals surface area (Å²) in [6.45, 7) is 1.65. The highest BCUT2D eigenvalue weighted by atomic mass is 16.5. The van der Waals surface area contributed by atoms with Gasteiger partial charge in [0, 0.05) is 49.3 Å². The van der Waals surface area contributed by atoms with Gasteiger partial charge in [0.05, 0.1) is 6.61 Å². The van der Waals surface area contributed by atoms with E-state index in [4.69, 9.17) is 4.74 Å². The highest BCUT2D eigenvalue weighted by Gasteiger charge is 2.20. The maximum Gasteiger partial charge on any atom is 0.233 e. The Morgan fingerprint density at radius 1 is 1.00 bits per heavy atom. The molecule has 1 aromatic carbocycles. The van der Waals surface area contributed by atoms with E-state index in [0.29, 0.717) is 50.4 Å². The molecule has 0 saturated heterocycles. The van der Waals surface area contributed by atoms with Crippen molar-refractivity contribution in [2.24, 2.45) is 0 Å². The molecule has 1 aliphatic carbocycles. The van der Waals surface area contributed by atoms with Crippen molar-refractivity contribution in [2.75, 3.05) is 38.7 Å². The fourth-order valence-corrected chi connectivity index (χ4v) is 3.42. The molecular formula is C23H32N4O5. The van der Waals surface area contributed by atoms with Gasteiger partial charge in [-0.15, -0.1) is 0 Å². The van der Waals surface area contributed by atoms with Gasteiger partial charge in [0.1, 0.15) is 6.42 Å². The molecule has 9 nitrogen and oxygen atoms in total. The normalized spacial score (nSPS) is 13.3. The van der Waals surface area contributed by atoms with Gasteiger partial charge in [-0.1, -0.05) is 0 Å². The highest BCUT2D eigenvalue weighted by molar-refractivity contribution is 6.09. The molecule has 0 spiro atoms. The molecule has 1 aliphatic rings. The third-order valence-corrected chi connectivity index (χ3v) is 5.06. The molecule has 0 aliphatic heterocycles. The number of ether oxygens (including phenoxy) is 1. The minimum atomic E-state index is -0.435. The van der Waals surface area contributed by atoms with Gasteiger partial charge >= 0.3 is 0 Å². The quantitative estimate of drug-likeness (QED) is 0.149. The third kappa shape index (κ3) is 8.50. The number of hydrogen-bond acceptors (Lipinski definition) is 6. The molecule has 0 fully saturated rings. The summed E-state index contributed by atoms with van der Waals surface area (Å²) in [5.41, 5.74) is 2.93. The predicted octanol–water partition coefficient (Wildman–Crippen LogP) is 1.51. The van der Waals surface area contributed by atoms with Gasteiger partial charge in [-0.3, -0.25) is 19.2 Å². The average Bonchev–Trinajstić information content (AvgIpc) is 2.80. The fourth-order valence-electron chi connectivity index (χ4n) is 3.42. The Hall–Kier alpha value is -3.20. The minimum absolute atomic E-state index is 0.00789. The van der Waals surface area contributed by atoms with Gasteiger partial charge < -0.3 is 26.0 Å². The third-order valence-electron chi connectivity index (χ3n) is 5.06. The van der Waals surface area contributed by atoms with E-state index in [1.165, 1.54) is 0 Å². The molecule has 3 amide bonds. The van der Waals surface area contributed by atoms with Gasteiger partial charge in [0.25, 0.3) is 0 Å². The number of amides is 3. The standard InChI is InChI=1S/C23H32N4O5/c1-24-20-6-3-2-5-19(20)23(31)17-7-9-18(10-8-17)27-22(30)15-21(29)26-12-14-32-13-4-11-25-16-28/h7-10,16,24H,2-6,11-15H2,1H3,(H,25,28)(H,26,29)(H,27,30). The Labute approximate surface area is 188 Å². The van der Waals surface area contributed by atoms with Crippen molar-refractivity contribution in [2.45, 2.75) is 38.5 Å².